The molecule has 0 radical (unpaired) electrons. The highest BCUT2D eigenvalue weighted by Gasteiger charge is 2.16. The van der Waals surface area contributed by atoms with Gasteiger partial charge in [-0.05, 0) is 6.42 Å². The molecule has 86 valence electrons. The lowest BCUT2D eigenvalue weighted by atomic mass is 10.2. The van der Waals surface area contributed by atoms with E-state index in [4.69, 9.17) is 10.3 Å². The molecule has 0 fully saturated rings. The summed E-state index contributed by atoms with van der Waals surface area (Å²) in [5, 5.41) is 3.90. The van der Waals surface area contributed by atoms with Crippen LogP contribution in [0, 0.1) is 0 Å². The standard InChI is InChI=1S/C10H19N3OS/c1-5-7(11)9-12-8(13-14-9)6-15-10(2,3)4/h7H,5-6,11H2,1-4H3/t7-/m1/s1. The summed E-state index contributed by atoms with van der Waals surface area (Å²) in [5.41, 5.74) is 5.79. The van der Waals surface area contributed by atoms with Gasteiger partial charge in [0.15, 0.2) is 5.82 Å². The van der Waals surface area contributed by atoms with Crippen LogP contribution in [0.15, 0.2) is 4.52 Å². The molecule has 1 rings (SSSR count). The van der Waals surface area contributed by atoms with Crippen molar-refractivity contribution in [2.45, 2.75) is 50.7 Å². The number of aromatic nitrogens is 2. The molecule has 15 heavy (non-hydrogen) atoms. The second kappa shape index (κ2) is 4.99. The monoisotopic (exact) mass is 229 g/mol. The summed E-state index contributed by atoms with van der Waals surface area (Å²) in [6.45, 7) is 8.49. The Morgan fingerprint density at radius 1 is 1.47 bits per heavy atom. The van der Waals surface area contributed by atoms with Crippen LogP contribution >= 0.6 is 11.8 Å². The molecule has 0 saturated carbocycles. The van der Waals surface area contributed by atoms with E-state index in [0.717, 1.165) is 18.0 Å². The Bertz CT molecular complexity index is 306. The molecular weight excluding hydrogens is 210 g/mol. The van der Waals surface area contributed by atoms with Gasteiger partial charge in [-0.15, -0.1) is 11.8 Å². The molecule has 2 N–H and O–H groups in total. The van der Waals surface area contributed by atoms with Gasteiger partial charge in [-0.25, -0.2) is 0 Å². The fourth-order valence-electron chi connectivity index (χ4n) is 0.932. The Morgan fingerprint density at radius 3 is 2.67 bits per heavy atom. The van der Waals surface area contributed by atoms with Crippen molar-refractivity contribution in [3.63, 3.8) is 0 Å². The number of nitrogens with two attached hydrogens (primary N) is 1. The molecular formula is C10H19N3OS. The first-order valence-electron chi connectivity index (χ1n) is 5.14. The van der Waals surface area contributed by atoms with Gasteiger partial charge in [0.25, 0.3) is 0 Å². The van der Waals surface area contributed by atoms with Crippen LogP contribution in [-0.4, -0.2) is 14.9 Å². The highest BCUT2D eigenvalue weighted by Crippen LogP contribution is 2.26. The summed E-state index contributed by atoms with van der Waals surface area (Å²) < 4.78 is 5.30. The van der Waals surface area contributed by atoms with E-state index in [9.17, 15) is 0 Å². The molecule has 0 aliphatic heterocycles. The van der Waals surface area contributed by atoms with Crippen LogP contribution in [0.2, 0.25) is 0 Å². The molecule has 0 aliphatic carbocycles. The van der Waals surface area contributed by atoms with Crippen LogP contribution in [-0.2, 0) is 5.75 Å². The van der Waals surface area contributed by atoms with E-state index in [1.165, 1.54) is 0 Å². The molecule has 0 aliphatic rings. The van der Waals surface area contributed by atoms with Crippen LogP contribution in [0.3, 0.4) is 0 Å². The average molecular weight is 229 g/mol. The fraction of sp³-hybridized carbons (Fsp3) is 0.800. The van der Waals surface area contributed by atoms with E-state index < -0.39 is 0 Å². The van der Waals surface area contributed by atoms with E-state index in [2.05, 4.69) is 30.9 Å². The van der Waals surface area contributed by atoms with E-state index >= 15 is 0 Å². The number of thioether (sulfide) groups is 1. The van der Waals surface area contributed by atoms with Gasteiger partial charge in [-0.3, -0.25) is 0 Å². The lowest BCUT2D eigenvalue weighted by molar-refractivity contribution is 0.349. The van der Waals surface area contributed by atoms with Gasteiger partial charge in [-0.1, -0.05) is 32.9 Å². The summed E-state index contributed by atoms with van der Waals surface area (Å²) in [6, 6.07) is -0.133. The SMILES string of the molecule is CC[C@@H](N)c1nc(CSC(C)(C)C)no1. The average Bonchev–Trinajstić information content (AvgIpc) is 2.61. The van der Waals surface area contributed by atoms with Crippen molar-refractivity contribution in [2.75, 3.05) is 0 Å². The fourth-order valence-corrected chi connectivity index (χ4v) is 1.61. The summed E-state index contributed by atoms with van der Waals surface area (Å²) in [4.78, 5) is 4.26. The maximum atomic E-state index is 5.79. The van der Waals surface area contributed by atoms with Crippen molar-refractivity contribution in [1.29, 1.82) is 0 Å². The minimum Gasteiger partial charge on any atom is -0.338 e. The summed E-state index contributed by atoms with van der Waals surface area (Å²) in [7, 11) is 0. The topological polar surface area (TPSA) is 64.9 Å². The zero-order valence-corrected chi connectivity index (χ0v) is 10.6. The van der Waals surface area contributed by atoms with Gasteiger partial charge in [0.1, 0.15) is 0 Å². The molecule has 0 unspecified atom stereocenters. The highest BCUT2D eigenvalue weighted by atomic mass is 32.2. The first kappa shape index (κ1) is 12.5. The quantitative estimate of drug-likeness (QED) is 0.859. The Morgan fingerprint density at radius 2 is 2.13 bits per heavy atom. The number of nitrogens with zero attached hydrogens (tertiary/aromatic N) is 2. The van der Waals surface area contributed by atoms with Gasteiger partial charge < -0.3 is 10.3 Å². The first-order chi connectivity index (χ1) is 6.92. The molecule has 1 aromatic rings. The lowest BCUT2D eigenvalue weighted by Crippen LogP contribution is -2.09. The van der Waals surface area contributed by atoms with Crippen LogP contribution in [0.1, 0.15) is 51.9 Å². The molecule has 0 amide bonds. The predicted octanol–water partition coefficient (Wildman–Crippen LogP) is 2.51. The first-order valence-corrected chi connectivity index (χ1v) is 6.13. The molecule has 5 heteroatoms. The zero-order valence-electron chi connectivity index (χ0n) is 9.78. The Labute approximate surface area is 95.0 Å². The van der Waals surface area contributed by atoms with E-state index in [-0.39, 0.29) is 10.8 Å². The van der Waals surface area contributed by atoms with Crippen molar-refractivity contribution in [3.8, 4) is 0 Å². The molecule has 4 nitrogen and oxygen atoms in total. The Balaban J connectivity index is 2.53. The maximum Gasteiger partial charge on any atom is 0.243 e. The molecule has 1 atom stereocenters. The third-order valence-electron chi connectivity index (χ3n) is 1.88. The zero-order chi connectivity index (χ0) is 11.5. The van der Waals surface area contributed by atoms with Gasteiger partial charge in [0, 0.05) is 4.75 Å². The van der Waals surface area contributed by atoms with E-state index in [1.54, 1.807) is 11.8 Å². The minimum absolute atomic E-state index is 0.133. The third-order valence-corrected chi connectivity index (χ3v) is 3.14. The van der Waals surface area contributed by atoms with Crippen molar-refractivity contribution < 1.29 is 4.52 Å². The smallest absolute Gasteiger partial charge is 0.243 e. The largest absolute Gasteiger partial charge is 0.338 e. The van der Waals surface area contributed by atoms with Crippen molar-refractivity contribution in [2.24, 2.45) is 5.73 Å². The normalized spacial score (nSPS) is 14.2. The molecule has 0 spiro atoms. The van der Waals surface area contributed by atoms with Crippen molar-refractivity contribution in [3.05, 3.63) is 11.7 Å². The Kier molecular flexibility index (Phi) is 4.16. The van der Waals surface area contributed by atoms with E-state index in [0.29, 0.717) is 5.89 Å². The summed E-state index contributed by atoms with van der Waals surface area (Å²) in [6.07, 6.45) is 0.814. The highest BCUT2D eigenvalue weighted by molar-refractivity contribution is 7.99. The maximum absolute atomic E-state index is 5.79. The number of hydrogen-bond acceptors (Lipinski definition) is 5. The molecule has 1 heterocycles. The molecule has 0 aromatic carbocycles. The van der Waals surface area contributed by atoms with Gasteiger partial charge in [0.05, 0.1) is 11.8 Å². The third kappa shape index (κ3) is 4.22. The van der Waals surface area contributed by atoms with Crippen LogP contribution in [0.5, 0.6) is 0 Å². The van der Waals surface area contributed by atoms with Crippen LogP contribution in [0.25, 0.3) is 0 Å². The van der Waals surface area contributed by atoms with Crippen molar-refractivity contribution in [1.82, 2.24) is 10.1 Å². The van der Waals surface area contributed by atoms with Crippen molar-refractivity contribution >= 4 is 11.8 Å². The van der Waals surface area contributed by atoms with Crippen LogP contribution < -0.4 is 5.73 Å². The number of hydrogen-bond donors (Lipinski definition) is 1. The Hall–Kier alpha value is -0.550. The number of rotatable bonds is 4. The molecule has 1 aromatic heterocycles. The second-order valence-corrected chi connectivity index (χ2v) is 6.27. The summed E-state index contributed by atoms with van der Waals surface area (Å²) in [5.74, 6) is 2.04. The predicted molar refractivity (Wildman–Crippen MR) is 62.6 cm³/mol. The molecule has 0 bridgehead atoms. The van der Waals surface area contributed by atoms with Gasteiger partial charge in [0.2, 0.25) is 5.89 Å². The lowest BCUT2D eigenvalue weighted by Gasteiger charge is -2.15. The minimum atomic E-state index is -0.133. The van der Waals surface area contributed by atoms with Gasteiger partial charge >= 0.3 is 0 Å². The molecule has 0 saturated heterocycles. The van der Waals surface area contributed by atoms with E-state index in [1.807, 2.05) is 6.92 Å². The second-order valence-electron chi connectivity index (χ2n) is 4.46. The van der Waals surface area contributed by atoms with Crippen LogP contribution in [0.4, 0.5) is 0 Å². The van der Waals surface area contributed by atoms with Gasteiger partial charge in [-0.2, -0.15) is 4.98 Å². The summed E-state index contributed by atoms with van der Waals surface area (Å²) >= 11 is 1.79.